The number of guanidine groups is 1. The predicted octanol–water partition coefficient (Wildman–Crippen LogP) is 0.491. The molecule has 0 aliphatic carbocycles. The molecule has 0 aromatic rings. The number of hydrogen-bond donors (Lipinski definition) is 1. The molecule has 2 saturated heterocycles. The molecule has 4 nitrogen and oxygen atoms in total. The Labute approximate surface area is 92.1 Å². The SMILES string of the molecule is CN=C(N)N1CCC(N2CCCCC2)C1. The Morgan fingerprint density at radius 1 is 1.20 bits per heavy atom. The average molecular weight is 210 g/mol. The molecule has 2 aliphatic rings. The van der Waals surface area contributed by atoms with Crippen LogP contribution in [0.1, 0.15) is 25.7 Å². The lowest BCUT2D eigenvalue weighted by Gasteiger charge is -2.32. The van der Waals surface area contributed by atoms with Crippen LogP contribution in [0, 0.1) is 0 Å². The lowest BCUT2D eigenvalue weighted by Crippen LogP contribution is -2.43. The van der Waals surface area contributed by atoms with Crippen LogP contribution in [0.2, 0.25) is 0 Å². The van der Waals surface area contributed by atoms with E-state index in [4.69, 9.17) is 5.73 Å². The maximum atomic E-state index is 5.83. The first-order valence-corrected chi connectivity index (χ1v) is 6.02. The molecule has 1 atom stereocenters. The van der Waals surface area contributed by atoms with Crippen LogP contribution in [0.5, 0.6) is 0 Å². The Balaban J connectivity index is 1.86. The molecule has 0 amide bonds. The Bertz CT molecular complexity index is 233. The van der Waals surface area contributed by atoms with Gasteiger partial charge in [-0.1, -0.05) is 6.42 Å². The van der Waals surface area contributed by atoms with Crippen molar-refractivity contribution in [1.82, 2.24) is 9.80 Å². The van der Waals surface area contributed by atoms with Crippen molar-refractivity contribution < 1.29 is 0 Å². The van der Waals surface area contributed by atoms with Gasteiger partial charge in [0.25, 0.3) is 0 Å². The summed E-state index contributed by atoms with van der Waals surface area (Å²) in [4.78, 5) is 8.89. The molecule has 0 spiro atoms. The summed E-state index contributed by atoms with van der Waals surface area (Å²) in [6.07, 6.45) is 5.39. The van der Waals surface area contributed by atoms with Crippen LogP contribution in [0.4, 0.5) is 0 Å². The largest absolute Gasteiger partial charge is 0.370 e. The Morgan fingerprint density at radius 2 is 1.93 bits per heavy atom. The highest BCUT2D eigenvalue weighted by Gasteiger charge is 2.28. The topological polar surface area (TPSA) is 44.9 Å². The van der Waals surface area contributed by atoms with Crippen LogP contribution in [0.25, 0.3) is 0 Å². The summed E-state index contributed by atoms with van der Waals surface area (Å²) in [5.41, 5.74) is 5.83. The molecule has 2 rings (SSSR count). The van der Waals surface area contributed by atoms with Crippen molar-refractivity contribution in [1.29, 1.82) is 0 Å². The summed E-state index contributed by atoms with van der Waals surface area (Å²) in [5.74, 6) is 0.703. The van der Waals surface area contributed by atoms with E-state index in [0.717, 1.165) is 13.1 Å². The van der Waals surface area contributed by atoms with Gasteiger partial charge in [0.05, 0.1) is 0 Å². The molecule has 2 N–H and O–H groups in total. The zero-order valence-electron chi connectivity index (χ0n) is 9.65. The third-order valence-corrected chi connectivity index (χ3v) is 3.62. The van der Waals surface area contributed by atoms with Crippen LogP contribution in [-0.2, 0) is 0 Å². The summed E-state index contributed by atoms with van der Waals surface area (Å²) < 4.78 is 0. The van der Waals surface area contributed by atoms with E-state index < -0.39 is 0 Å². The van der Waals surface area contributed by atoms with E-state index in [2.05, 4.69) is 14.8 Å². The number of nitrogens with two attached hydrogens (primary N) is 1. The van der Waals surface area contributed by atoms with E-state index >= 15 is 0 Å². The molecule has 0 aromatic heterocycles. The number of hydrogen-bond acceptors (Lipinski definition) is 2. The molecule has 0 radical (unpaired) electrons. The maximum absolute atomic E-state index is 5.83. The lowest BCUT2D eigenvalue weighted by atomic mass is 10.1. The quantitative estimate of drug-likeness (QED) is 0.506. The molecule has 0 saturated carbocycles. The van der Waals surface area contributed by atoms with Gasteiger partial charge in [-0.2, -0.15) is 0 Å². The van der Waals surface area contributed by atoms with Gasteiger partial charge in [-0.3, -0.25) is 9.89 Å². The van der Waals surface area contributed by atoms with Crippen LogP contribution >= 0.6 is 0 Å². The number of nitrogens with zero attached hydrogens (tertiary/aromatic N) is 3. The van der Waals surface area contributed by atoms with Crippen LogP contribution in [-0.4, -0.2) is 55.0 Å². The van der Waals surface area contributed by atoms with E-state index in [0.29, 0.717) is 12.0 Å². The van der Waals surface area contributed by atoms with Gasteiger partial charge in [-0.15, -0.1) is 0 Å². The normalized spacial score (nSPS) is 29.8. The molecular formula is C11H22N4. The van der Waals surface area contributed by atoms with Gasteiger partial charge in [-0.25, -0.2) is 0 Å². The van der Waals surface area contributed by atoms with Gasteiger partial charge in [0.2, 0.25) is 0 Å². The van der Waals surface area contributed by atoms with E-state index in [1.54, 1.807) is 7.05 Å². The van der Waals surface area contributed by atoms with Gasteiger partial charge < -0.3 is 10.6 Å². The third-order valence-electron chi connectivity index (χ3n) is 3.62. The molecule has 4 heteroatoms. The lowest BCUT2D eigenvalue weighted by molar-refractivity contribution is 0.169. The molecule has 0 aromatic carbocycles. The monoisotopic (exact) mass is 210 g/mol. The summed E-state index contributed by atoms with van der Waals surface area (Å²) >= 11 is 0. The molecule has 0 bridgehead atoms. The molecule has 86 valence electrons. The number of piperidine rings is 1. The van der Waals surface area contributed by atoms with Crippen molar-refractivity contribution >= 4 is 5.96 Å². The minimum Gasteiger partial charge on any atom is -0.370 e. The second-order valence-electron chi connectivity index (χ2n) is 4.57. The molecule has 2 fully saturated rings. The fourth-order valence-corrected chi connectivity index (χ4v) is 2.67. The van der Waals surface area contributed by atoms with E-state index in [-0.39, 0.29) is 0 Å². The van der Waals surface area contributed by atoms with E-state index in [1.807, 2.05) is 0 Å². The van der Waals surface area contributed by atoms with Gasteiger partial charge in [0.1, 0.15) is 0 Å². The molecule has 2 heterocycles. The van der Waals surface area contributed by atoms with Crippen LogP contribution < -0.4 is 5.73 Å². The van der Waals surface area contributed by atoms with Crippen molar-refractivity contribution in [3.8, 4) is 0 Å². The molecule has 1 unspecified atom stereocenters. The van der Waals surface area contributed by atoms with Crippen LogP contribution in [0.15, 0.2) is 4.99 Å². The zero-order valence-corrected chi connectivity index (χ0v) is 9.65. The van der Waals surface area contributed by atoms with Crippen molar-refractivity contribution in [3.05, 3.63) is 0 Å². The highest BCUT2D eigenvalue weighted by molar-refractivity contribution is 5.78. The van der Waals surface area contributed by atoms with Crippen molar-refractivity contribution in [2.75, 3.05) is 33.2 Å². The first kappa shape index (κ1) is 10.7. The first-order chi connectivity index (χ1) is 7.31. The summed E-state index contributed by atoms with van der Waals surface area (Å²) in [5, 5.41) is 0. The minimum atomic E-state index is 0.703. The van der Waals surface area contributed by atoms with Crippen molar-refractivity contribution in [2.24, 2.45) is 10.7 Å². The number of rotatable bonds is 1. The fraction of sp³-hybridized carbons (Fsp3) is 0.909. The highest BCUT2D eigenvalue weighted by Crippen LogP contribution is 2.19. The Morgan fingerprint density at radius 3 is 2.60 bits per heavy atom. The maximum Gasteiger partial charge on any atom is 0.191 e. The van der Waals surface area contributed by atoms with Gasteiger partial charge in [0, 0.05) is 26.2 Å². The second kappa shape index (κ2) is 4.84. The average Bonchev–Trinajstić information content (AvgIpc) is 2.78. The van der Waals surface area contributed by atoms with Gasteiger partial charge in [0.15, 0.2) is 5.96 Å². The third kappa shape index (κ3) is 2.43. The number of aliphatic imine (C=N–C) groups is 1. The van der Waals surface area contributed by atoms with E-state index in [1.165, 1.54) is 38.8 Å². The molecule has 15 heavy (non-hydrogen) atoms. The van der Waals surface area contributed by atoms with E-state index in [9.17, 15) is 0 Å². The summed E-state index contributed by atoms with van der Waals surface area (Å²) in [6, 6.07) is 0.714. The minimum absolute atomic E-state index is 0.703. The molecular weight excluding hydrogens is 188 g/mol. The predicted molar refractivity (Wildman–Crippen MR) is 62.9 cm³/mol. The highest BCUT2D eigenvalue weighted by atomic mass is 15.3. The first-order valence-electron chi connectivity index (χ1n) is 6.02. The standard InChI is InChI=1S/C11H22N4/c1-13-11(12)15-8-5-10(9-15)14-6-3-2-4-7-14/h10H,2-9H2,1H3,(H2,12,13). The van der Waals surface area contributed by atoms with Crippen LogP contribution in [0.3, 0.4) is 0 Å². The van der Waals surface area contributed by atoms with Crippen molar-refractivity contribution in [3.63, 3.8) is 0 Å². The summed E-state index contributed by atoms with van der Waals surface area (Å²) in [7, 11) is 1.77. The molecule has 2 aliphatic heterocycles. The summed E-state index contributed by atoms with van der Waals surface area (Å²) in [6.45, 7) is 4.71. The van der Waals surface area contributed by atoms with Gasteiger partial charge >= 0.3 is 0 Å². The fourth-order valence-electron chi connectivity index (χ4n) is 2.67. The smallest absolute Gasteiger partial charge is 0.191 e. The Kier molecular flexibility index (Phi) is 3.46. The second-order valence-corrected chi connectivity index (χ2v) is 4.57. The Hall–Kier alpha value is -0.770. The zero-order chi connectivity index (χ0) is 10.7. The van der Waals surface area contributed by atoms with Gasteiger partial charge in [-0.05, 0) is 32.4 Å². The number of likely N-dealkylation sites (tertiary alicyclic amines) is 2. The van der Waals surface area contributed by atoms with Crippen molar-refractivity contribution in [2.45, 2.75) is 31.7 Å².